The standard InChI is InChI=1S/C24H20BrClN2O5S/c1-4-33-23(31)19-12(2)27-24-28(20(19)13-5-7-16(26)8-6-13)22(30)18(34-24)10-14-9-15(25)11-17(32-3)21(14)29/h5-11,20,29H,4H2,1-3H3/b18-10-/t20-/m0/s1. The highest BCUT2D eigenvalue weighted by molar-refractivity contribution is 9.10. The Morgan fingerprint density at radius 2 is 2.03 bits per heavy atom. The molecule has 0 saturated heterocycles. The number of hydrogen-bond acceptors (Lipinski definition) is 7. The van der Waals surface area contributed by atoms with Gasteiger partial charge in [-0.15, -0.1) is 0 Å². The highest BCUT2D eigenvalue weighted by atomic mass is 79.9. The van der Waals surface area contributed by atoms with E-state index in [4.69, 9.17) is 21.1 Å². The van der Waals surface area contributed by atoms with Crippen LogP contribution in [-0.2, 0) is 9.53 Å². The number of methoxy groups -OCH3 is 1. The molecule has 0 aliphatic carbocycles. The predicted molar refractivity (Wildman–Crippen MR) is 134 cm³/mol. The lowest BCUT2D eigenvalue weighted by Gasteiger charge is -2.24. The van der Waals surface area contributed by atoms with E-state index in [0.29, 0.717) is 35.7 Å². The SMILES string of the molecule is CCOC(=O)C1=C(C)N=c2s/c(=C\c3cc(Br)cc(OC)c3O)c(=O)n2[C@H]1c1ccc(Cl)cc1. The summed E-state index contributed by atoms with van der Waals surface area (Å²) in [5, 5.41) is 11.1. The van der Waals surface area contributed by atoms with Crippen molar-refractivity contribution in [3.8, 4) is 11.5 Å². The number of rotatable bonds is 5. The van der Waals surface area contributed by atoms with E-state index in [2.05, 4.69) is 20.9 Å². The normalized spacial score (nSPS) is 15.7. The molecular formula is C24H20BrClN2O5S. The predicted octanol–water partition coefficient (Wildman–Crippen LogP) is 3.93. The maximum atomic E-state index is 13.6. The van der Waals surface area contributed by atoms with Crippen LogP contribution in [0.25, 0.3) is 6.08 Å². The van der Waals surface area contributed by atoms with Crippen LogP contribution in [0.4, 0.5) is 0 Å². The van der Waals surface area contributed by atoms with Gasteiger partial charge in [-0.25, -0.2) is 9.79 Å². The first-order chi connectivity index (χ1) is 16.2. The number of carbonyl (C=O) groups is 1. The molecule has 1 aromatic heterocycles. The third-order valence-electron chi connectivity index (χ3n) is 5.28. The van der Waals surface area contributed by atoms with E-state index in [1.54, 1.807) is 56.3 Å². The van der Waals surface area contributed by atoms with Gasteiger partial charge in [0.1, 0.15) is 0 Å². The molecule has 0 fully saturated rings. The average molecular weight is 564 g/mol. The molecule has 0 saturated carbocycles. The summed E-state index contributed by atoms with van der Waals surface area (Å²) in [4.78, 5) is 31.5. The Morgan fingerprint density at radius 1 is 1.32 bits per heavy atom. The number of allylic oxidation sites excluding steroid dienone is 1. The van der Waals surface area contributed by atoms with Crippen molar-refractivity contribution < 1.29 is 19.4 Å². The molecule has 7 nitrogen and oxygen atoms in total. The lowest BCUT2D eigenvalue weighted by Crippen LogP contribution is -2.39. The molecule has 4 rings (SSSR count). The number of aromatic hydroxyl groups is 1. The lowest BCUT2D eigenvalue weighted by molar-refractivity contribution is -0.139. The summed E-state index contributed by atoms with van der Waals surface area (Å²) >= 11 is 10.6. The minimum absolute atomic E-state index is 0.0887. The molecule has 176 valence electrons. The van der Waals surface area contributed by atoms with Crippen molar-refractivity contribution in [2.75, 3.05) is 13.7 Å². The zero-order chi connectivity index (χ0) is 24.6. The Labute approximate surface area is 212 Å². The van der Waals surface area contributed by atoms with Crippen LogP contribution in [0.5, 0.6) is 11.5 Å². The first-order valence-electron chi connectivity index (χ1n) is 10.3. The maximum absolute atomic E-state index is 13.6. The van der Waals surface area contributed by atoms with Gasteiger partial charge >= 0.3 is 5.97 Å². The van der Waals surface area contributed by atoms with Crippen molar-refractivity contribution in [2.45, 2.75) is 19.9 Å². The number of esters is 1. The van der Waals surface area contributed by atoms with E-state index >= 15 is 0 Å². The zero-order valence-corrected chi connectivity index (χ0v) is 21.6. The third-order valence-corrected chi connectivity index (χ3v) is 6.97. The van der Waals surface area contributed by atoms with Gasteiger partial charge in [-0.1, -0.05) is 51.0 Å². The lowest BCUT2D eigenvalue weighted by atomic mass is 9.96. The van der Waals surface area contributed by atoms with Gasteiger partial charge in [0.2, 0.25) is 0 Å². The van der Waals surface area contributed by atoms with E-state index in [1.165, 1.54) is 23.0 Å². The van der Waals surface area contributed by atoms with Crippen molar-refractivity contribution in [2.24, 2.45) is 4.99 Å². The number of phenols is 1. The summed E-state index contributed by atoms with van der Waals surface area (Å²) in [7, 11) is 1.45. The fourth-order valence-electron chi connectivity index (χ4n) is 3.75. The van der Waals surface area contributed by atoms with Crippen molar-refractivity contribution in [3.63, 3.8) is 0 Å². The quantitative estimate of drug-likeness (QED) is 0.475. The molecule has 1 N–H and O–H groups in total. The van der Waals surface area contributed by atoms with Crippen LogP contribution in [0.3, 0.4) is 0 Å². The van der Waals surface area contributed by atoms with Crippen LogP contribution in [0, 0.1) is 0 Å². The topological polar surface area (TPSA) is 90.1 Å². The fraction of sp³-hybridized carbons (Fsp3) is 0.208. The zero-order valence-electron chi connectivity index (χ0n) is 18.5. The second-order valence-electron chi connectivity index (χ2n) is 7.40. The van der Waals surface area contributed by atoms with Crippen LogP contribution >= 0.6 is 38.9 Å². The van der Waals surface area contributed by atoms with Crippen LogP contribution in [0.1, 0.15) is 31.0 Å². The molecule has 34 heavy (non-hydrogen) atoms. The Bertz CT molecular complexity index is 1490. The molecule has 2 aromatic carbocycles. The number of nitrogens with zero attached hydrogens (tertiary/aromatic N) is 2. The Hall–Kier alpha value is -2.88. The first kappa shape index (κ1) is 24.3. The van der Waals surface area contributed by atoms with E-state index in [-0.39, 0.29) is 29.2 Å². The van der Waals surface area contributed by atoms with Gasteiger partial charge in [0.15, 0.2) is 16.3 Å². The summed E-state index contributed by atoms with van der Waals surface area (Å²) in [5.41, 5.74) is 1.51. The summed E-state index contributed by atoms with van der Waals surface area (Å²) in [5.74, 6) is -0.352. The van der Waals surface area contributed by atoms with Gasteiger partial charge in [0.25, 0.3) is 5.56 Å². The minimum atomic E-state index is -0.736. The first-order valence-corrected chi connectivity index (χ1v) is 12.3. The van der Waals surface area contributed by atoms with E-state index in [9.17, 15) is 14.7 Å². The molecule has 0 spiro atoms. The second kappa shape index (κ2) is 9.77. The van der Waals surface area contributed by atoms with Gasteiger partial charge in [0, 0.05) is 15.1 Å². The number of ether oxygens (including phenoxy) is 2. The molecular weight excluding hydrogens is 544 g/mol. The van der Waals surface area contributed by atoms with E-state index in [1.807, 2.05) is 0 Å². The van der Waals surface area contributed by atoms with Crippen molar-refractivity contribution in [1.29, 1.82) is 0 Å². The molecule has 0 radical (unpaired) electrons. The van der Waals surface area contributed by atoms with Crippen molar-refractivity contribution >= 4 is 50.9 Å². The molecule has 1 atom stereocenters. The molecule has 1 aliphatic heterocycles. The molecule has 0 unspecified atom stereocenters. The van der Waals surface area contributed by atoms with Crippen LogP contribution < -0.4 is 19.6 Å². The second-order valence-corrected chi connectivity index (χ2v) is 9.76. The van der Waals surface area contributed by atoms with E-state index in [0.717, 1.165) is 0 Å². The van der Waals surface area contributed by atoms with Gasteiger partial charge < -0.3 is 14.6 Å². The van der Waals surface area contributed by atoms with Gasteiger partial charge in [-0.05, 0) is 49.8 Å². The molecule has 0 amide bonds. The highest BCUT2D eigenvalue weighted by Crippen LogP contribution is 2.34. The van der Waals surface area contributed by atoms with Gasteiger partial charge in [-0.3, -0.25) is 9.36 Å². The number of benzene rings is 2. The number of halogens is 2. The number of aromatic nitrogens is 1. The Morgan fingerprint density at radius 3 is 2.68 bits per heavy atom. The summed E-state index contributed by atoms with van der Waals surface area (Å²) in [6.45, 7) is 3.63. The molecule has 10 heteroatoms. The summed E-state index contributed by atoms with van der Waals surface area (Å²) in [6, 6.07) is 9.53. The third kappa shape index (κ3) is 4.43. The van der Waals surface area contributed by atoms with Crippen molar-refractivity contribution in [1.82, 2.24) is 4.57 Å². The maximum Gasteiger partial charge on any atom is 0.338 e. The molecule has 3 aromatic rings. The molecule has 2 heterocycles. The minimum Gasteiger partial charge on any atom is -0.504 e. The smallest absolute Gasteiger partial charge is 0.338 e. The molecule has 0 bridgehead atoms. The summed E-state index contributed by atoms with van der Waals surface area (Å²) in [6.07, 6.45) is 1.58. The van der Waals surface area contributed by atoms with Crippen molar-refractivity contribution in [3.05, 3.63) is 88.0 Å². The molecule has 1 aliphatic rings. The van der Waals surface area contributed by atoms with Crippen LogP contribution in [0.15, 0.2) is 61.9 Å². The number of carbonyl (C=O) groups excluding carboxylic acids is 1. The largest absolute Gasteiger partial charge is 0.504 e. The number of hydrogen-bond donors (Lipinski definition) is 1. The Kier molecular flexibility index (Phi) is 6.97. The van der Waals surface area contributed by atoms with Gasteiger partial charge in [-0.2, -0.15) is 0 Å². The summed E-state index contributed by atoms with van der Waals surface area (Å²) < 4.78 is 13.0. The van der Waals surface area contributed by atoms with Crippen LogP contribution in [0.2, 0.25) is 5.02 Å². The van der Waals surface area contributed by atoms with Crippen LogP contribution in [-0.4, -0.2) is 29.4 Å². The monoisotopic (exact) mass is 562 g/mol. The number of phenolic OH excluding ortho intramolecular Hbond substituents is 1. The highest BCUT2D eigenvalue weighted by Gasteiger charge is 2.33. The van der Waals surface area contributed by atoms with Gasteiger partial charge in [0.05, 0.1) is 35.6 Å². The average Bonchev–Trinajstić information content (AvgIpc) is 3.10. The number of fused-ring (bicyclic) bond motifs is 1. The fourth-order valence-corrected chi connectivity index (χ4v) is 5.37. The number of thiazole rings is 1. The van der Waals surface area contributed by atoms with E-state index < -0.39 is 12.0 Å². The Balaban J connectivity index is 1.97.